The maximum absolute atomic E-state index is 11.8. The number of hydrogen-bond acceptors (Lipinski definition) is 3. The fourth-order valence-corrected chi connectivity index (χ4v) is 2.85. The zero-order chi connectivity index (χ0) is 13.6. The van der Waals surface area contributed by atoms with Crippen LogP contribution in [0.15, 0.2) is 30.3 Å². The highest BCUT2D eigenvalue weighted by molar-refractivity contribution is 7.52. The van der Waals surface area contributed by atoms with E-state index in [9.17, 15) is 14.3 Å². The second-order valence-corrected chi connectivity index (χ2v) is 5.98. The number of carbonyl (C=O) groups excluding carboxylic acids is 1. The van der Waals surface area contributed by atoms with Gasteiger partial charge in [-0.25, -0.2) is 4.57 Å². The zero-order valence-corrected chi connectivity index (χ0v) is 11.6. The Labute approximate surface area is 108 Å². The summed E-state index contributed by atoms with van der Waals surface area (Å²) in [7, 11) is -3.90. The van der Waals surface area contributed by atoms with Gasteiger partial charge in [0.2, 0.25) is 0 Å². The molecule has 1 unspecified atom stereocenters. The van der Waals surface area contributed by atoms with E-state index in [2.05, 4.69) is 0 Å². The van der Waals surface area contributed by atoms with Crippen molar-refractivity contribution in [1.82, 2.24) is 0 Å². The molecule has 0 spiro atoms. The van der Waals surface area contributed by atoms with Crippen LogP contribution in [-0.4, -0.2) is 10.9 Å². The summed E-state index contributed by atoms with van der Waals surface area (Å²) in [5.41, 5.74) is 0.681. The number of hydrogen-bond donors (Lipinski definition) is 1. The van der Waals surface area contributed by atoms with Gasteiger partial charge in [-0.1, -0.05) is 44.2 Å². The highest BCUT2D eigenvalue weighted by Gasteiger charge is 2.28. The van der Waals surface area contributed by atoms with Gasteiger partial charge in [0.25, 0.3) is 0 Å². The van der Waals surface area contributed by atoms with E-state index < -0.39 is 13.6 Å². The normalized spacial score (nSPS) is 14.2. The van der Waals surface area contributed by atoms with Gasteiger partial charge >= 0.3 is 13.6 Å². The van der Waals surface area contributed by atoms with Crippen LogP contribution in [0.2, 0.25) is 0 Å². The lowest BCUT2D eigenvalue weighted by Crippen LogP contribution is -2.15. The molecule has 0 saturated heterocycles. The number of benzene rings is 1. The van der Waals surface area contributed by atoms with Crippen LogP contribution in [-0.2, 0) is 20.0 Å². The van der Waals surface area contributed by atoms with Crippen molar-refractivity contribution in [2.45, 2.75) is 32.9 Å². The molecule has 4 nitrogen and oxygen atoms in total. The van der Waals surface area contributed by atoms with Crippen molar-refractivity contribution in [2.24, 2.45) is 5.92 Å². The van der Waals surface area contributed by atoms with Crippen molar-refractivity contribution in [3.8, 4) is 0 Å². The van der Waals surface area contributed by atoms with Crippen molar-refractivity contribution in [1.29, 1.82) is 0 Å². The summed E-state index contributed by atoms with van der Waals surface area (Å²) in [6.45, 7) is 3.71. The van der Waals surface area contributed by atoms with Crippen molar-refractivity contribution in [3.05, 3.63) is 35.9 Å². The molecule has 0 bridgehead atoms. The Morgan fingerprint density at radius 1 is 1.28 bits per heavy atom. The van der Waals surface area contributed by atoms with E-state index in [-0.39, 0.29) is 12.1 Å². The Bertz CT molecular complexity index is 426. The topological polar surface area (TPSA) is 63.6 Å². The molecule has 100 valence electrons. The summed E-state index contributed by atoms with van der Waals surface area (Å²) in [6, 6.07) is 8.83. The largest absolute Gasteiger partial charge is 0.391 e. The minimum Gasteiger partial charge on any atom is -0.391 e. The third-order valence-electron chi connectivity index (χ3n) is 2.78. The quantitative estimate of drug-likeness (QED) is 0.805. The smallest absolute Gasteiger partial charge is 0.383 e. The monoisotopic (exact) mass is 270 g/mol. The molecule has 1 rings (SSSR count). The van der Waals surface area contributed by atoms with Crippen LogP contribution < -0.4 is 0 Å². The predicted octanol–water partition coefficient (Wildman–Crippen LogP) is 3.35. The Morgan fingerprint density at radius 3 is 2.33 bits per heavy atom. The third kappa shape index (κ3) is 4.63. The fourth-order valence-electron chi connectivity index (χ4n) is 1.68. The summed E-state index contributed by atoms with van der Waals surface area (Å²) in [4.78, 5) is 21.3. The molecule has 0 aliphatic rings. The molecule has 1 atom stereocenters. The summed E-state index contributed by atoms with van der Waals surface area (Å²) in [5.74, 6) is -0.886. The average molecular weight is 270 g/mol. The zero-order valence-electron chi connectivity index (χ0n) is 10.7. The van der Waals surface area contributed by atoms with Gasteiger partial charge in [0.1, 0.15) is 0 Å². The van der Waals surface area contributed by atoms with Crippen LogP contribution in [0.5, 0.6) is 0 Å². The van der Waals surface area contributed by atoms with Crippen LogP contribution in [0.4, 0.5) is 0 Å². The molecule has 0 fully saturated rings. The molecule has 0 amide bonds. The first-order valence-electron chi connectivity index (χ1n) is 6.07. The fraction of sp³-hybridized carbons (Fsp3) is 0.462. The van der Waals surface area contributed by atoms with Crippen molar-refractivity contribution in [2.75, 3.05) is 0 Å². The standard InChI is InChI=1S/C13H19O4P/c1-3-12(4-2)13(14)17-18(15,16)10-11-8-6-5-7-9-11/h5-9,12H,3-4,10H2,1-2H3,(H,15,16). The lowest BCUT2D eigenvalue weighted by atomic mass is 10.0. The second-order valence-electron chi connectivity index (χ2n) is 4.20. The molecule has 1 aromatic carbocycles. The Morgan fingerprint density at radius 2 is 1.83 bits per heavy atom. The van der Waals surface area contributed by atoms with Crippen LogP contribution in [0, 0.1) is 5.92 Å². The van der Waals surface area contributed by atoms with E-state index in [4.69, 9.17) is 4.52 Å². The van der Waals surface area contributed by atoms with Gasteiger partial charge in [0.15, 0.2) is 0 Å². The molecule has 1 N–H and O–H groups in total. The molecule has 0 aliphatic carbocycles. The SMILES string of the molecule is CCC(CC)C(=O)OP(=O)(O)Cc1ccccc1. The average Bonchev–Trinajstić information content (AvgIpc) is 2.30. The Balaban J connectivity index is 2.65. The first-order valence-corrected chi connectivity index (χ1v) is 7.84. The molecule has 0 heterocycles. The molecule has 0 radical (unpaired) electrons. The van der Waals surface area contributed by atoms with Crippen molar-refractivity contribution in [3.63, 3.8) is 0 Å². The lowest BCUT2D eigenvalue weighted by Gasteiger charge is -2.16. The van der Waals surface area contributed by atoms with E-state index in [1.54, 1.807) is 24.3 Å². The molecule has 0 aromatic heterocycles. The van der Waals surface area contributed by atoms with E-state index >= 15 is 0 Å². The second kappa shape index (κ2) is 6.72. The third-order valence-corrected chi connectivity index (χ3v) is 4.01. The van der Waals surface area contributed by atoms with Crippen LogP contribution >= 0.6 is 7.60 Å². The van der Waals surface area contributed by atoms with Gasteiger partial charge in [-0.2, -0.15) is 0 Å². The minimum atomic E-state index is -3.90. The summed E-state index contributed by atoms with van der Waals surface area (Å²) < 4.78 is 16.6. The Hall–Kier alpha value is -1.12. The lowest BCUT2D eigenvalue weighted by molar-refractivity contribution is -0.139. The number of rotatable bonds is 6. The van der Waals surface area contributed by atoms with Gasteiger partial charge in [-0.15, -0.1) is 0 Å². The van der Waals surface area contributed by atoms with Crippen LogP contribution in [0.25, 0.3) is 0 Å². The van der Waals surface area contributed by atoms with Gasteiger partial charge in [0.05, 0.1) is 12.1 Å². The van der Waals surface area contributed by atoms with E-state index in [0.717, 1.165) is 0 Å². The Kier molecular flexibility index (Phi) is 5.57. The molecule has 1 aromatic rings. The molecular weight excluding hydrogens is 251 g/mol. The van der Waals surface area contributed by atoms with Gasteiger partial charge in [-0.3, -0.25) is 4.79 Å². The van der Waals surface area contributed by atoms with E-state index in [1.807, 2.05) is 19.9 Å². The molecule has 18 heavy (non-hydrogen) atoms. The van der Waals surface area contributed by atoms with Gasteiger partial charge in [0, 0.05) is 0 Å². The minimum absolute atomic E-state index is 0.139. The van der Waals surface area contributed by atoms with Crippen LogP contribution in [0.1, 0.15) is 32.3 Å². The van der Waals surface area contributed by atoms with Crippen molar-refractivity contribution < 1.29 is 18.8 Å². The van der Waals surface area contributed by atoms with Gasteiger partial charge < -0.3 is 9.42 Å². The van der Waals surface area contributed by atoms with Crippen molar-refractivity contribution >= 4 is 13.6 Å². The first-order chi connectivity index (χ1) is 8.48. The predicted molar refractivity (Wildman–Crippen MR) is 70.1 cm³/mol. The highest BCUT2D eigenvalue weighted by Crippen LogP contribution is 2.46. The van der Waals surface area contributed by atoms with Gasteiger partial charge in [-0.05, 0) is 18.4 Å². The summed E-state index contributed by atoms with van der Waals surface area (Å²) in [6.07, 6.45) is 1.08. The molecule has 5 heteroatoms. The molecule has 0 saturated carbocycles. The maximum Gasteiger partial charge on any atom is 0.383 e. The summed E-state index contributed by atoms with van der Waals surface area (Å²) in [5, 5.41) is 0. The molecular formula is C13H19O4P. The van der Waals surface area contributed by atoms with Crippen LogP contribution in [0.3, 0.4) is 0 Å². The first kappa shape index (κ1) is 14.9. The molecule has 0 aliphatic heterocycles. The highest BCUT2D eigenvalue weighted by atomic mass is 31.2. The van der Waals surface area contributed by atoms with E-state index in [0.29, 0.717) is 18.4 Å². The van der Waals surface area contributed by atoms with E-state index in [1.165, 1.54) is 0 Å². The maximum atomic E-state index is 11.8. The number of carbonyl (C=O) groups is 1. The summed E-state index contributed by atoms with van der Waals surface area (Å²) >= 11 is 0.